The standard InChI is InChI=1S/C24H29N7O/c1-16-18-6-4-5-7-20(18)27-24(26-16)14-31-10-8-17(9-11-31)21-12-22(29-28-21)19-13-25-30(2)23(19)15-32-3/h4-7,12-13,17H,8-11,14-15H2,1-3H3,(H,28,29). The molecule has 4 heterocycles. The van der Waals surface area contributed by atoms with E-state index in [0.717, 1.165) is 71.8 Å². The van der Waals surface area contributed by atoms with Crippen LogP contribution in [0.2, 0.25) is 0 Å². The largest absolute Gasteiger partial charge is 0.378 e. The average molecular weight is 432 g/mol. The Hall–Kier alpha value is -3.10. The number of fused-ring (bicyclic) bond motifs is 1. The number of piperidine rings is 1. The number of para-hydroxylation sites is 1. The molecule has 0 bridgehead atoms. The summed E-state index contributed by atoms with van der Waals surface area (Å²) in [5.41, 5.74) is 6.27. The third-order valence-corrected chi connectivity index (χ3v) is 6.45. The monoisotopic (exact) mass is 431 g/mol. The van der Waals surface area contributed by atoms with Crippen LogP contribution in [0, 0.1) is 6.92 Å². The predicted molar refractivity (Wildman–Crippen MR) is 123 cm³/mol. The molecule has 5 rings (SSSR count). The highest BCUT2D eigenvalue weighted by atomic mass is 16.5. The number of aryl methyl sites for hydroxylation is 2. The molecule has 1 aliphatic rings. The van der Waals surface area contributed by atoms with Crippen molar-refractivity contribution in [2.24, 2.45) is 7.05 Å². The first-order valence-electron chi connectivity index (χ1n) is 11.1. The molecular formula is C24H29N7O. The minimum atomic E-state index is 0.481. The molecule has 8 heteroatoms. The Morgan fingerprint density at radius 1 is 1.16 bits per heavy atom. The second-order valence-corrected chi connectivity index (χ2v) is 8.56. The maximum atomic E-state index is 5.33. The number of hydrogen-bond donors (Lipinski definition) is 1. The molecule has 1 aromatic carbocycles. The third kappa shape index (κ3) is 4.03. The first-order chi connectivity index (χ1) is 15.6. The van der Waals surface area contributed by atoms with Gasteiger partial charge < -0.3 is 4.74 Å². The summed E-state index contributed by atoms with van der Waals surface area (Å²) in [7, 11) is 3.63. The van der Waals surface area contributed by atoms with E-state index >= 15 is 0 Å². The predicted octanol–water partition coefficient (Wildman–Crippen LogP) is 3.59. The number of rotatable bonds is 6. The minimum Gasteiger partial charge on any atom is -0.378 e. The molecule has 1 fully saturated rings. The van der Waals surface area contributed by atoms with Gasteiger partial charge in [-0.15, -0.1) is 0 Å². The Labute approximate surface area is 187 Å². The number of hydrogen-bond acceptors (Lipinski definition) is 6. The molecule has 166 valence electrons. The van der Waals surface area contributed by atoms with Crippen LogP contribution in [0.15, 0.2) is 36.5 Å². The van der Waals surface area contributed by atoms with E-state index in [2.05, 4.69) is 45.3 Å². The van der Waals surface area contributed by atoms with Crippen molar-refractivity contribution in [3.05, 3.63) is 59.4 Å². The van der Waals surface area contributed by atoms with Gasteiger partial charge in [0.05, 0.1) is 36.3 Å². The van der Waals surface area contributed by atoms with E-state index in [1.807, 2.05) is 30.1 Å². The lowest BCUT2D eigenvalue weighted by molar-refractivity contribution is 0.178. The molecule has 1 saturated heterocycles. The average Bonchev–Trinajstić information content (AvgIpc) is 3.42. The lowest BCUT2D eigenvalue weighted by atomic mass is 9.93. The molecule has 0 amide bonds. The van der Waals surface area contributed by atoms with Crippen molar-refractivity contribution in [3.63, 3.8) is 0 Å². The molecule has 0 radical (unpaired) electrons. The molecule has 0 saturated carbocycles. The van der Waals surface area contributed by atoms with E-state index in [9.17, 15) is 0 Å². The Balaban J connectivity index is 1.24. The summed E-state index contributed by atoms with van der Waals surface area (Å²) in [6.45, 7) is 5.42. The molecule has 4 aromatic rings. The number of nitrogens with zero attached hydrogens (tertiary/aromatic N) is 6. The normalized spacial score (nSPS) is 15.6. The number of benzene rings is 1. The van der Waals surface area contributed by atoms with E-state index in [-0.39, 0.29) is 0 Å². The first kappa shape index (κ1) is 20.8. The van der Waals surface area contributed by atoms with Gasteiger partial charge in [-0.25, -0.2) is 9.97 Å². The molecular weight excluding hydrogens is 402 g/mol. The van der Waals surface area contributed by atoms with Crippen molar-refractivity contribution in [2.75, 3.05) is 20.2 Å². The van der Waals surface area contributed by atoms with Crippen LogP contribution in [-0.4, -0.2) is 55.0 Å². The SMILES string of the molecule is COCc1c(-c2cc(C3CCN(Cc4nc(C)c5ccccc5n4)CC3)[nH]n2)cnn1C. The van der Waals surface area contributed by atoms with E-state index in [1.54, 1.807) is 7.11 Å². The molecule has 0 atom stereocenters. The number of methoxy groups -OCH3 is 1. The molecule has 8 nitrogen and oxygen atoms in total. The summed E-state index contributed by atoms with van der Waals surface area (Å²) in [5, 5.41) is 13.4. The topological polar surface area (TPSA) is 84.8 Å². The number of aromatic amines is 1. The van der Waals surface area contributed by atoms with Gasteiger partial charge in [0.2, 0.25) is 0 Å². The van der Waals surface area contributed by atoms with Gasteiger partial charge in [-0.3, -0.25) is 14.7 Å². The van der Waals surface area contributed by atoms with Crippen molar-refractivity contribution in [3.8, 4) is 11.3 Å². The number of aromatic nitrogens is 6. The smallest absolute Gasteiger partial charge is 0.143 e. The number of likely N-dealkylation sites (tertiary alicyclic amines) is 1. The van der Waals surface area contributed by atoms with Crippen LogP contribution in [0.5, 0.6) is 0 Å². The second-order valence-electron chi connectivity index (χ2n) is 8.56. The van der Waals surface area contributed by atoms with Gasteiger partial charge in [0, 0.05) is 42.4 Å². The van der Waals surface area contributed by atoms with Gasteiger partial charge in [0.25, 0.3) is 0 Å². The molecule has 0 aliphatic carbocycles. The Kier molecular flexibility index (Phi) is 5.71. The zero-order valence-corrected chi connectivity index (χ0v) is 18.9. The van der Waals surface area contributed by atoms with Gasteiger partial charge in [-0.05, 0) is 45.0 Å². The summed E-state index contributed by atoms with van der Waals surface area (Å²) in [5.74, 6) is 1.39. The fraction of sp³-hybridized carbons (Fsp3) is 0.417. The molecule has 3 aromatic heterocycles. The van der Waals surface area contributed by atoms with Crippen LogP contribution < -0.4 is 0 Å². The van der Waals surface area contributed by atoms with E-state index in [0.29, 0.717) is 12.5 Å². The third-order valence-electron chi connectivity index (χ3n) is 6.45. The van der Waals surface area contributed by atoms with Crippen LogP contribution >= 0.6 is 0 Å². The number of ether oxygens (including phenoxy) is 1. The summed E-state index contributed by atoms with van der Waals surface area (Å²) >= 11 is 0. The highest BCUT2D eigenvalue weighted by Gasteiger charge is 2.24. The number of H-pyrrole nitrogens is 1. The summed E-state index contributed by atoms with van der Waals surface area (Å²) in [6, 6.07) is 10.4. The molecule has 32 heavy (non-hydrogen) atoms. The highest BCUT2D eigenvalue weighted by Crippen LogP contribution is 2.31. The van der Waals surface area contributed by atoms with Crippen LogP contribution in [0.1, 0.15) is 41.7 Å². The Morgan fingerprint density at radius 3 is 2.78 bits per heavy atom. The van der Waals surface area contributed by atoms with Gasteiger partial charge >= 0.3 is 0 Å². The fourth-order valence-electron chi connectivity index (χ4n) is 4.64. The van der Waals surface area contributed by atoms with Crippen molar-refractivity contribution in [1.29, 1.82) is 0 Å². The highest BCUT2D eigenvalue weighted by molar-refractivity contribution is 5.80. The van der Waals surface area contributed by atoms with Gasteiger partial charge in [-0.2, -0.15) is 10.2 Å². The van der Waals surface area contributed by atoms with Gasteiger partial charge in [0.15, 0.2) is 0 Å². The molecule has 1 N–H and O–H groups in total. The molecule has 0 unspecified atom stereocenters. The molecule has 1 aliphatic heterocycles. The zero-order chi connectivity index (χ0) is 22.1. The lowest BCUT2D eigenvalue weighted by Crippen LogP contribution is -2.33. The molecule has 0 spiro atoms. The van der Waals surface area contributed by atoms with Crippen molar-refractivity contribution in [2.45, 2.75) is 38.8 Å². The van der Waals surface area contributed by atoms with Crippen LogP contribution in [0.4, 0.5) is 0 Å². The van der Waals surface area contributed by atoms with Crippen molar-refractivity contribution in [1.82, 2.24) is 34.8 Å². The second kappa shape index (κ2) is 8.80. The zero-order valence-electron chi connectivity index (χ0n) is 18.9. The van der Waals surface area contributed by atoms with E-state index < -0.39 is 0 Å². The number of nitrogens with one attached hydrogen (secondary N) is 1. The van der Waals surface area contributed by atoms with Crippen molar-refractivity contribution < 1.29 is 4.74 Å². The lowest BCUT2D eigenvalue weighted by Gasteiger charge is -2.30. The Morgan fingerprint density at radius 2 is 1.97 bits per heavy atom. The quantitative estimate of drug-likeness (QED) is 0.502. The summed E-state index contributed by atoms with van der Waals surface area (Å²) < 4.78 is 7.18. The minimum absolute atomic E-state index is 0.481. The summed E-state index contributed by atoms with van der Waals surface area (Å²) in [4.78, 5) is 12.0. The van der Waals surface area contributed by atoms with Gasteiger partial charge in [-0.1, -0.05) is 18.2 Å². The Bertz CT molecular complexity index is 1220. The van der Waals surface area contributed by atoms with Crippen LogP contribution in [-0.2, 0) is 24.9 Å². The van der Waals surface area contributed by atoms with Gasteiger partial charge in [0.1, 0.15) is 5.82 Å². The van der Waals surface area contributed by atoms with E-state index in [1.165, 1.54) is 5.69 Å². The van der Waals surface area contributed by atoms with Crippen molar-refractivity contribution >= 4 is 10.9 Å². The summed E-state index contributed by atoms with van der Waals surface area (Å²) in [6.07, 6.45) is 4.04. The fourth-order valence-corrected chi connectivity index (χ4v) is 4.64. The van der Waals surface area contributed by atoms with E-state index in [4.69, 9.17) is 14.7 Å². The van der Waals surface area contributed by atoms with Crippen LogP contribution in [0.3, 0.4) is 0 Å². The maximum absolute atomic E-state index is 5.33. The van der Waals surface area contributed by atoms with Crippen LogP contribution in [0.25, 0.3) is 22.2 Å². The first-order valence-corrected chi connectivity index (χ1v) is 11.1. The maximum Gasteiger partial charge on any atom is 0.143 e.